The van der Waals surface area contributed by atoms with Crippen LogP contribution in [0.2, 0.25) is 0 Å². The largest absolute Gasteiger partial charge is 0.454 e. The van der Waals surface area contributed by atoms with Gasteiger partial charge in [-0.1, -0.05) is 44.9 Å². The fourth-order valence-electron chi connectivity index (χ4n) is 2.96. The first-order chi connectivity index (χ1) is 13.8. The van der Waals surface area contributed by atoms with Crippen molar-refractivity contribution in [2.45, 2.75) is 50.7 Å². The lowest BCUT2D eigenvalue weighted by Gasteiger charge is -2.28. The Balaban J connectivity index is 2.69. The zero-order valence-electron chi connectivity index (χ0n) is 16.9. The molecule has 0 saturated carbocycles. The fourth-order valence-corrected chi connectivity index (χ4v) is 3.67. The highest BCUT2D eigenvalue weighted by Crippen LogP contribution is 2.40. The van der Waals surface area contributed by atoms with Crippen LogP contribution in [0.25, 0.3) is 0 Å². The maximum atomic E-state index is 12.3. The number of para-hydroxylation sites is 1. The summed E-state index contributed by atoms with van der Waals surface area (Å²) in [6, 6.07) is 11.5. The Labute approximate surface area is 172 Å². The Kier molecular flexibility index (Phi) is 8.45. The third kappa shape index (κ3) is 6.43. The van der Waals surface area contributed by atoms with Crippen molar-refractivity contribution in [2.24, 2.45) is 5.14 Å². The molecule has 7 nitrogen and oxygen atoms in total. The highest BCUT2D eigenvalue weighted by molar-refractivity contribution is 7.89. The molecule has 0 saturated heterocycles. The molecule has 0 heterocycles. The van der Waals surface area contributed by atoms with Crippen molar-refractivity contribution in [2.75, 3.05) is 18.0 Å². The van der Waals surface area contributed by atoms with Gasteiger partial charge in [0.25, 0.3) is 0 Å². The molecule has 0 aliphatic heterocycles. The summed E-state index contributed by atoms with van der Waals surface area (Å²) < 4.78 is 30.7. The first kappa shape index (κ1) is 23.2. The SMILES string of the molecule is CCCCN(CCCC)c1cc(C(O)O)cc(S(N)(=O)=O)c1Oc1ccccc1. The Bertz CT molecular complexity index is 877. The van der Waals surface area contributed by atoms with Crippen molar-refractivity contribution in [3.63, 3.8) is 0 Å². The molecule has 2 aromatic rings. The molecular formula is C21H30N2O5S. The summed E-state index contributed by atoms with van der Waals surface area (Å²) in [5.74, 6) is 0.553. The van der Waals surface area contributed by atoms with Crippen molar-refractivity contribution < 1.29 is 23.4 Å². The summed E-state index contributed by atoms with van der Waals surface area (Å²) in [5.41, 5.74) is 0.521. The summed E-state index contributed by atoms with van der Waals surface area (Å²) in [6.07, 6.45) is 1.87. The topological polar surface area (TPSA) is 113 Å². The molecule has 160 valence electrons. The Morgan fingerprint density at radius 2 is 1.62 bits per heavy atom. The van der Waals surface area contributed by atoms with Crippen LogP contribution >= 0.6 is 0 Å². The van der Waals surface area contributed by atoms with Crippen LogP contribution in [-0.4, -0.2) is 31.7 Å². The molecule has 0 aliphatic carbocycles. The van der Waals surface area contributed by atoms with E-state index in [9.17, 15) is 18.6 Å². The van der Waals surface area contributed by atoms with Crippen molar-refractivity contribution in [1.29, 1.82) is 0 Å². The number of aliphatic hydroxyl groups is 2. The number of nitrogens with zero attached hydrogens (tertiary/aromatic N) is 1. The minimum atomic E-state index is -4.18. The quantitative estimate of drug-likeness (QED) is 0.478. The van der Waals surface area contributed by atoms with E-state index in [1.54, 1.807) is 30.3 Å². The van der Waals surface area contributed by atoms with E-state index < -0.39 is 16.3 Å². The molecule has 8 heteroatoms. The second kappa shape index (κ2) is 10.6. The number of primary sulfonamides is 1. The van der Waals surface area contributed by atoms with Crippen molar-refractivity contribution >= 4 is 15.7 Å². The molecule has 29 heavy (non-hydrogen) atoms. The Morgan fingerprint density at radius 1 is 1.03 bits per heavy atom. The van der Waals surface area contributed by atoms with Gasteiger partial charge in [-0.15, -0.1) is 0 Å². The van der Waals surface area contributed by atoms with E-state index in [-0.39, 0.29) is 16.2 Å². The lowest BCUT2D eigenvalue weighted by Crippen LogP contribution is -2.27. The lowest BCUT2D eigenvalue weighted by molar-refractivity contribution is -0.0426. The number of hydrogen-bond acceptors (Lipinski definition) is 6. The Morgan fingerprint density at radius 3 is 2.10 bits per heavy atom. The molecule has 4 N–H and O–H groups in total. The van der Waals surface area contributed by atoms with Crippen LogP contribution in [0.5, 0.6) is 11.5 Å². The highest BCUT2D eigenvalue weighted by atomic mass is 32.2. The molecule has 0 aliphatic rings. The predicted octanol–water partition coefficient (Wildman–Crippen LogP) is 3.52. The van der Waals surface area contributed by atoms with E-state index in [0.29, 0.717) is 24.5 Å². The van der Waals surface area contributed by atoms with Gasteiger partial charge in [-0.2, -0.15) is 0 Å². The van der Waals surface area contributed by atoms with E-state index in [1.165, 1.54) is 0 Å². The highest BCUT2D eigenvalue weighted by Gasteiger charge is 2.25. The molecule has 0 spiro atoms. The van der Waals surface area contributed by atoms with Gasteiger partial charge < -0.3 is 19.8 Å². The number of hydrogen-bond donors (Lipinski definition) is 3. The first-order valence-electron chi connectivity index (χ1n) is 9.82. The Hall–Kier alpha value is -2.13. The predicted molar refractivity (Wildman–Crippen MR) is 114 cm³/mol. The van der Waals surface area contributed by atoms with E-state index in [2.05, 4.69) is 13.8 Å². The molecular weight excluding hydrogens is 392 g/mol. The van der Waals surface area contributed by atoms with Gasteiger partial charge in [0.15, 0.2) is 12.0 Å². The third-order valence-corrected chi connectivity index (χ3v) is 5.45. The standard InChI is InChI=1S/C21H30N2O5S/c1-3-5-12-23(13-6-4-2)18-14-16(21(24)25)15-19(29(22,26)27)20(18)28-17-10-8-7-9-11-17/h7-11,14-15,21,24-25H,3-6,12-13H2,1-2H3,(H2,22,26,27). The molecule has 0 aromatic heterocycles. The van der Waals surface area contributed by atoms with Crippen LogP contribution in [0.4, 0.5) is 5.69 Å². The molecule has 0 radical (unpaired) electrons. The first-order valence-corrected chi connectivity index (χ1v) is 11.4. The maximum Gasteiger partial charge on any atom is 0.241 e. The van der Waals surface area contributed by atoms with Gasteiger partial charge in [0.1, 0.15) is 10.6 Å². The molecule has 0 unspecified atom stereocenters. The average Bonchev–Trinajstić information content (AvgIpc) is 2.68. The van der Waals surface area contributed by atoms with Gasteiger partial charge in [-0.25, -0.2) is 13.6 Å². The zero-order valence-corrected chi connectivity index (χ0v) is 17.7. The summed E-state index contributed by atoms with van der Waals surface area (Å²) in [6.45, 7) is 5.50. The van der Waals surface area contributed by atoms with Crippen LogP contribution in [0.3, 0.4) is 0 Å². The number of unbranched alkanes of at least 4 members (excludes halogenated alkanes) is 2. The minimum Gasteiger partial charge on any atom is -0.454 e. The third-order valence-electron chi connectivity index (χ3n) is 4.53. The van der Waals surface area contributed by atoms with Crippen LogP contribution in [0.15, 0.2) is 47.4 Å². The summed E-state index contributed by atoms with van der Waals surface area (Å²) in [4.78, 5) is 1.74. The number of rotatable bonds is 11. The monoisotopic (exact) mass is 422 g/mol. The molecule has 0 fully saturated rings. The fraction of sp³-hybridized carbons (Fsp3) is 0.429. The van der Waals surface area contributed by atoms with E-state index >= 15 is 0 Å². The van der Waals surface area contributed by atoms with E-state index in [1.807, 2.05) is 11.0 Å². The summed E-state index contributed by atoms with van der Waals surface area (Å²) >= 11 is 0. The normalized spacial score (nSPS) is 11.7. The van der Waals surface area contributed by atoms with Crippen molar-refractivity contribution in [3.8, 4) is 11.5 Å². The second-order valence-electron chi connectivity index (χ2n) is 6.90. The lowest BCUT2D eigenvalue weighted by atomic mass is 10.1. The van der Waals surface area contributed by atoms with Gasteiger partial charge in [0, 0.05) is 18.7 Å². The van der Waals surface area contributed by atoms with Gasteiger partial charge in [-0.05, 0) is 37.1 Å². The smallest absolute Gasteiger partial charge is 0.241 e. The number of nitrogens with two attached hydrogens (primary N) is 1. The van der Waals surface area contributed by atoms with Crippen molar-refractivity contribution in [3.05, 3.63) is 48.0 Å². The number of ether oxygens (including phenoxy) is 1. The number of aliphatic hydroxyl groups excluding tert-OH is 1. The van der Waals surface area contributed by atoms with Gasteiger partial charge in [0.05, 0.1) is 5.69 Å². The molecule has 2 aromatic carbocycles. The molecule has 2 rings (SSSR count). The van der Waals surface area contributed by atoms with Gasteiger partial charge in [-0.3, -0.25) is 0 Å². The summed E-state index contributed by atoms with van der Waals surface area (Å²) in [7, 11) is -4.18. The average molecular weight is 423 g/mol. The van der Waals surface area contributed by atoms with Crippen molar-refractivity contribution in [1.82, 2.24) is 0 Å². The molecule has 0 amide bonds. The number of anilines is 1. The second-order valence-corrected chi connectivity index (χ2v) is 8.43. The van der Waals surface area contributed by atoms with Crippen LogP contribution < -0.4 is 14.8 Å². The molecule has 0 atom stereocenters. The maximum absolute atomic E-state index is 12.3. The van der Waals surface area contributed by atoms with E-state index in [4.69, 9.17) is 9.88 Å². The summed E-state index contributed by atoms with van der Waals surface area (Å²) in [5, 5.41) is 24.9. The van der Waals surface area contributed by atoms with Crippen LogP contribution in [0.1, 0.15) is 51.4 Å². The van der Waals surface area contributed by atoms with E-state index in [0.717, 1.165) is 31.7 Å². The van der Waals surface area contributed by atoms with Crippen LogP contribution in [-0.2, 0) is 10.0 Å². The molecule has 0 bridgehead atoms. The minimum absolute atomic E-state index is 0.0439. The van der Waals surface area contributed by atoms with Gasteiger partial charge in [0.2, 0.25) is 10.0 Å². The van der Waals surface area contributed by atoms with Gasteiger partial charge >= 0.3 is 0 Å². The number of benzene rings is 2. The van der Waals surface area contributed by atoms with Crippen LogP contribution in [0, 0.1) is 0 Å². The number of sulfonamides is 1. The zero-order chi connectivity index (χ0) is 21.4.